The van der Waals surface area contributed by atoms with E-state index in [1.807, 2.05) is 30.3 Å². The topological polar surface area (TPSA) is 69.0 Å². The minimum atomic E-state index is -0.405. The average molecular weight is 467 g/mol. The quantitative estimate of drug-likeness (QED) is 0.291. The number of nitrogens with one attached hydrogen (secondary N) is 1. The summed E-state index contributed by atoms with van der Waals surface area (Å²) >= 11 is 1.20. The lowest BCUT2D eigenvalue weighted by Gasteiger charge is -2.11. The first-order valence-corrected chi connectivity index (χ1v) is 11.1. The van der Waals surface area contributed by atoms with E-state index in [9.17, 15) is 13.6 Å². The number of benzene rings is 3. The standard InChI is InChI=1S/C24H20F2N4O2S/c25-17-10-12-19(13-11-17)32-15-14-27-22(31)16-33-24-29-28-23(20-8-4-5-9-21(20)26)30(24)18-6-2-1-3-7-18/h1-13H,14-16H2,(H,27,31). The zero-order valence-electron chi connectivity index (χ0n) is 17.4. The van der Waals surface area contributed by atoms with Crippen molar-refractivity contribution in [3.8, 4) is 22.8 Å². The molecule has 33 heavy (non-hydrogen) atoms. The first-order valence-electron chi connectivity index (χ1n) is 10.2. The van der Waals surface area contributed by atoms with E-state index in [0.29, 0.717) is 28.8 Å². The highest BCUT2D eigenvalue weighted by molar-refractivity contribution is 7.99. The van der Waals surface area contributed by atoms with Crippen LogP contribution in [0.2, 0.25) is 0 Å². The fourth-order valence-corrected chi connectivity index (χ4v) is 3.84. The Kier molecular flexibility index (Phi) is 7.31. The SMILES string of the molecule is O=C(CSc1nnc(-c2ccccc2F)n1-c1ccccc1)NCCOc1ccc(F)cc1. The smallest absolute Gasteiger partial charge is 0.230 e. The van der Waals surface area contributed by atoms with Gasteiger partial charge in [-0.2, -0.15) is 0 Å². The minimum Gasteiger partial charge on any atom is -0.492 e. The molecule has 4 aromatic rings. The molecule has 1 amide bonds. The maximum Gasteiger partial charge on any atom is 0.230 e. The molecule has 9 heteroatoms. The van der Waals surface area contributed by atoms with Gasteiger partial charge in [0.15, 0.2) is 11.0 Å². The van der Waals surface area contributed by atoms with Crippen molar-refractivity contribution in [3.05, 3.63) is 90.5 Å². The van der Waals surface area contributed by atoms with Crippen molar-refractivity contribution in [2.75, 3.05) is 18.9 Å². The van der Waals surface area contributed by atoms with Gasteiger partial charge in [-0.25, -0.2) is 8.78 Å². The van der Waals surface area contributed by atoms with Gasteiger partial charge < -0.3 is 10.1 Å². The van der Waals surface area contributed by atoms with Gasteiger partial charge in [-0.05, 0) is 48.5 Å². The number of amides is 1. The second kappa shape index (κ2) is 10.7. The zero-order chi connectivity index (χ0) is 23.0. The van der Waals surface area contributed by atoms with Gasteiger partial charge in [0.25, 0.3) is 0 Å². The summed E-state index contributed by atoms with van der Waals surface area (Å²) < 4.78 is 34.5. The van der Waals surface area contributed by atoms with Gasteiger partial charge in [0.1, 0.15) is 24.0 Å². The summed E-state index contributed by atoms with van der Waals surface area (Å²) in [6.07, 6.45) is 0. The van der Waals surface area contributed by atoms with Gasteiger partial charge in [-0.1, -0.05) is 42.1 Å². The fraction of sp³-hybridized carbons (Fsp3) is 0.125. The molecule has 6 nitrogen and oxygen atoms in total. The molecule has 0 aliphatic heterocycles. The molecule has 0 saturated carbocycles. The Bertz CT molecular complexity index is 1220. The van der Waals surface area contributed by atoms with Crippen LogP contribution in [0, 0.1) is 11.6 Å². The van der Waals surface area contributed by atoms with Crippen molar-refractivity contribution in [2.24, 2.45) is 0 Å². The van der Waals surface area contributed by atoms with Crippen LogP contribution in [0.15, 0.2) is 84.0 Å². The van der Waals surface area contributed by atoms with E-state index in [1.54, 1.807) is 22.8 Å². The second-order valence-electron chi connectivity index (χ2n) is 6.90. The number of rotatable bonds is 9. The highest BCUT2D eigenvalue weighted by Crippen LogP contribution is 2.29. The largest absolute Gasteiger partial charge is 0.492 e. The van der Waals surface area contributed by atoms with Gasteiger partial charge in [0.05, 0.1) is 17.9 Å². The third-order valence-electron chi connectivity index (χ3n) is 4.60. The van der Waals surface area contributed by atoms with Gasteiger partial charge >= 0.3 is 0 Å². The second-order valence-corrected chi connectivity index (χ2v) is 7.84. The fourth-order valence-electron chi connectivity index (χ4n) is 3.06. The van der Waals surface area contributed by atoms with Crippen molar-refractivity contribution >= 4 is 17.7 Å². The normalized spacial score (nSPS) is 10.7. The molecule has 0 aliphatic rings. The first-order chi connectivity index (χ1) is 16.1. The number of nitrogens with zero attached hydrogens (tertiary/aromatic N) is 3. The van der Waals surface area contributed by atoms with Crippen LogP contribution in [0.1, 0.15) is 0 Å². The Morgan fingerprint density at radius 2 is 1.67 bits per heavy atom. The number of hydrogen-bond donors (Lipinski definition) is 1. The van der Waals surface area contributed by atoms with Crippen LogP contribution >= 0.6 is 11.8 Å². The van der Waals surface area contributed by atoms with Crippen molar-refractivity contribution < 1.29 is 18.3 Å². The molecule has 0 aliphatic carbocycles. The molecule has 0 unspecified atom stereocenters. The van der Waals surface area contributed by atoms with E-state index < -0.39 is 5.82 Å². The molecule has 1 aromatic heterocycles. The predicted octanol–water partition coefficient (Wildman–Crippen LogP) is 4.50. The zero-order valence-corrected chi connectivity index (χ0v) is 18.3. The predicted molar refractivity (Wildman–Crippen MR) is 122 cm³/mol. The van der Waals surface area contributed by atoms with E-state index in [1.165, 1.54) is 42.1 Å². The van der Waals surface area contributed by atoms with Gasteiger partial charge in [-0.3, -0.25) is 9.36 Å². The minimum absolute atomic E-state index is 0.0960. The van der Waals surface area contributed by atoms with Crippen LogP contribution in [-0.4, -0.2) is 39.6 Å². The van der Waals surface area contributed by atoms with E-state index in [2.05, 4.69) is 15.5 Å². The number of para-hydroxylation sites is 1. The first kappa shape index (κ1) is 22.5. The van der Waals surface area contributed by atoms with Crippen LogP contribution in [0.25, 0.3) is 17.1 Å². The molecule has 1 heterocycles. The number of hydrogen-bond acceptors (Lipinski definition) is 5. The molecular formula is C24H20F2N4O2S. The van der Waals surface area contributed by atoms with E-state index in [-0.39, 0.29) is 24.1 Å². The molecule has 0 bridgehead atoms. The van der Waals surface area contributed by atoms with Crippen molar-refractivity contribution in [2.45, 2.75) is 5.16 Å². The van der Waals surface area contributed by atoms with Gasteiger partial charge in [0.2, 0.25) is 5.91 Å². The van der Waals surface area contributed by atoms with Crippen LogP contribution in [-0.2, 0) is 4.79 Å². The number of halogens is 2. The Morgan fingerprint density at radius 1 is 0.939 bits per heavy atom. The van der Waals surface area contributed by atoms with Gasteiger partial charge in [0, 0.05) is 5.69 Å². The molecule has 0 radical (unpaired) electrons. The Morgan fingerprint density at radius 3 is 2.42 bits per heavy atom. The summed E-state index contributed by atoms with van der Waals surface area (Å²) in [5.41, 5.74) is 1.08. The molecule has 3 aromatic carbocycles. The Labute approximate surface area is 193 Å². The van der Waals surface area contributed by atoms with Gasteiger partial charge in [-0.15, -0.1) is 10.2 Å². The molecule has 4 rings (SSSR count). The maximum absolute atomic E-state index is 14.4. The molecule has 0 saturated heterocycles. The number of ether oxygens (including phenoxy) is 1. The number of aromatic nitrogens is 3. The Balaban J connectivity index is 1.40. The van der Waals surface area contributed by atoms with Crippen LogP contribution in [0.4, 0.5) is 8.78 Å². The molecule has 0 atom stereocenters. The number of carbonyl (C=O) groups is 1. The maximum atomic E-state index is 14.4. The lowest BCUT2D eigenvalue weighted by molar-refractivity contribution is -0.118. The molecule has 0 fully saturated rings. The third-order valence-corrected chi connectivity index (χ3v) is 5.53. The number of carbonyl (C=O) groups excluding carboxylic acids is 1. The van der Waals surface area contributed by atoms with Crippen molar-refractivity contribution in [1.29, 1.82) is 0 Å². The third kappa shape index (κ3) is 5.75. The Hall–Kier alpha value is -3.72. The highest BCUT2D eigenvalue weighted by Gasteiger charge is 2.19. The monoisotopic (exact) mass is 466 g/mol. The summed E-state index contributed by atoms with van der Waals surface area (Å²) in [6.45, 7) is 0.544. The van der Waals surface area contributed by atoms with Crippen molar-refractivity contribution in [1.82, 2.24) is 20.1 Å². The van der Waals surface area contributed by atoms with Crippen LogP contribution in [0.3, 0.4) is 0 Å². The summed E-state index contributed by atoms with van der Waals surface area (Å²) in [4.78, 5) is 12.3. The molecule has 168 valence electrons. The summed E-state index contributed by atoms with van der Waals surface area (Å²) in [5.74, 6) is 0.0229. The highest BCUT2D eigenvalue weighted by atomic mass is 32.2. The summed E-state index contributed by atoms with van der Waals surface area (Å²) in [6, 6.07) is 21.4. The van der Waals surface area contributed by atoms with E-state index >= 15 is 0 Å². The molecule has 1 N–H and O–H groups in total. The number of thioether (sulfide) groups is 1. The molecule has 0 spiro atoms. The lowest BCUT2D eigenvalue weighted by atomic mass is 10.2. The van der Waals surface area contributed by atoms with Crippen LogP contribution in [0.5, 0.6) is 5.75 Å². The summed E-state index contributed by atoms with van der Waals surface area (Å²) in [7, 11) is 0. The molecular weight excluding hydrogens is 446 g/mol. The van der Waals surface area contributed by atoms with Crippen molar-refractivity contribution in [3.63, 3.8) is 0 Å². The summed E-state index contributed by atoms with van der Waals surface area (Å²) in [5, 5.41) is 11.6. The van der Waals surface area contributed by atoms with Crippen LogP contribution < -0.4 is 10.1 Å². The van der Waals surface area contributed by atoms with E-state index in [4.69, 9.17) is 4.74 Å². The van der Waals surface area contributed by atoms with E-state index in [0.717, 1.165) is 5.69 Å². The average Bonchev–Trinajstić information content (AvgIpc) is 3.26. The lowest BCUT2D eigenvalue weighted by Crippen LogP contribution is -2.29.